The highest BCUT2D eigenvalue weighted by Gasteiger charge is 2.04. The number of fused-ring (bicyclic) bond motifs is 1. The fourth-order valence-corrected chi connectivity index (χ4v) is 1.70. The van der Waals surface area contributed by atoms with Crippen LogP contribution in [0.25, 0.3) is 11.0 Å². The molecule has 0 saturated carbocycles. The average molecular weight is 182 g/mol. The SMILES string of the molecule is CSc1cccc2[nH]c(F)nc12. The molecule has 1 heterocycles. The van der Waals surface area contributed by atoms with E-state index in [1.807, 2.05) is 24.5 Å². The summed E-state index contributed by atoms with van der Waals surface area (Å²) in [6.07, 6.45) is 1.42. The first-order valence-electron chi connectivity index (χ1n) is 3.49. The number of halogens is 1. The molecule has 2 rings (SSSR count). The molecule has 1 aromatic carbocycles. The van der Waals surface area contributed by atoms with Crippen molar-refractivity contribution in [3.63, 3.8) is 0 Å². The third-order valence-corrected chi connectivity index (χ3v) is 2.44. The van der Waals surface area contributed by atoms with E-state index in [2.05, 4.69) is 9.97 Å². The zero-order valence-corrected chi connectivity index (χ0v) is 7.28. The van der Waals surface area contributed by atoms with Gasteiger partial charge in [0.15, 0.2) is 0 Å². The molecule has 0 aliphatic rings. The van der Waals surface area contributed by atoms with E-state index in [1.54, 1.807) is 11.8 Å². The van der Waals surface area contributed by atoms with E-state index in [9.17, 15) is 4.39 Å². The second-order valence-corrected chi connectivity index (χ2v) is 3.23. The molecule has 0 aliphatic heterocycles. The smallest absolute Gasteiger partial charge is 0.287 e. The van der Waals surface area contributed by atoms with Crippen molar-refractivity contribution in [2.45, 2.75) is 4.90 Å². The number of hydrogen-bond donors (Lipinski definition) is 1. The molecule has 4 heteroatoms. The van der Waals surface area contributed by atoms with Crippen molar-refractivity contribution in [2.24, 2.45) is 0 Å². The zero-order chi connectivity index (χ0) is 8.55. The molecule has 1 aromatic heterocycles. The fourth-order valence-electron chi connectivity index (χ4n) is 1.14. The summed E-state index contributed by atoms with van der Waals surface area (Å²) in [6, 6.07) is 5.62. The first-order chi connectivity index (χ1) is 5.81. The van der Waals surface area contributed by atoms with Gasteiger partial charge in [-0.25, -0.2) is 4.98 Å². The Morgan fingerprint density at radius 2 is 2.33 bits per heavy atom. The van der Waals surface area contributed by atoms with Crippen LogP contribution in [0.15, 0.2) is 23.1 Å². The maximum absolute atomic E-state index is 12.7. The number of hydrogen-bond acceptors (Lipinski definition) is 2. The van der Waals surface area contributed by atoms with E-state index < -0.39 is 6.08 Å². The summed E-state index contributed by atoms with van der Waals surface area (Å²) in [5, 5.41) is 0. The molecular weight excluding hydrogens is 175 g/mol. The van der Waals surface area contributed by atoms with E-state index in [0.29, 0.717) is 5.52 Å². The van der Waals surface area contributed by atoms with Crippen molar-refractivity contribution in [2.75, 3.05) is 6.26 Å². The minimum Gasteiger partial charge on any atom is -0.314 e. The molecule has 0 fully saturated rings. The molecule has 0 aliphatic carbocycles. The third kappa shape index (κ3) is 1.08. The molecule has 0 amide bonds. The molecular formula is C8H7FN2S. The van der Waals surface area contributed by atoms with Gasteiger partial charge in [0.25, 0.3) is 6.08 Å². The summed E-state index contributed by atoms with van der Waals surface area (Å²) >= 11 is 1.56. The van der Waals surface area contributed by atoms with Crippen molar-refractivity contribution in [3.05, 3.63) is 24.3 Å². The number of aromatic amines is 1. The van der Waals surface area contributed by atoms with Crippen LogP contribution in [0.1, 0.15) is 0 Å². The van der Waals surface area contributed by atoms with Crippen LogP contribution < -0.4 is 0 Å². The number of aromatic nitrogens is 2. The van der Waals surface area contributed by atoms with E-state index in [0.717, 1.165) is 10.4 Å². The monoisotopic (exact) mass is 182 g/mol. The molecule has 0 atom stereocenters. The summed E-state index contributed by atoms with van der Waals surface area (Å²) in [6.45, 7) is 0. The Hall–Kier alpha value is -1.03. The highest BCUT2D eigenvalue weighted by atomic mass is 32.2. The van der Waals surface area contributed by atoms with Gasteiger partial charge in [-0.2, -0.15) is 4.39 Å². The topological polar surface area (TPSA) is 28.7 Å². The highest BCUT2D eigenvalue weighted by molar-refractivity contribution is 7.98. The van der Waals surface area contributed by atoms with Crippen molar-refractivity contribution in [3.8, 4) is 0 Å². The number of para-hydroxylation sites is 1. The molecule has 0 radical (unpaired) electrons. The van der Waals surface area contributed by atoms with Crippen LogP contribution in [-0.2, 0) is 0 Å². The Bertz CT molecular complexity index is 410. The number of nitrogens with one attached hydrogen (secondary N) is 1. The van der Waals surface area contributed by atoms with Crippen LogP contribution in [0, 0.1) is 6.08 Å². The summed E-state index contributed by atoms with van der Waals surface area (Å²) in [5.41, 5.74) is 1.46. The van der Waals surface area contributed by atoms with Gasteiger partial charge in [0.2, 0.25) is 0 Å². The van der Waals surface area contributed by atoms with Crippen LogP contribution in [0.4, 0.5) is 4.39 Å². The van der Waals surface area contributed by atoms with Gasteiger partial charge < -0.3 is 4.98 Å². The van der Waals surface area contributed by atoms with Gasteiger partial charge in [-0.1, -0.05) is 6.07 Å². The van der Waals surface area contributed by atoms with Gasteiger partial charge in [-0.05, 0) is 18.4 Å². The average Bonchev–Trinajstić information content (AvgIpc) is 2.44. The lowest BCUT2D eigenvalue weighted by atomic mass is 10.3. The predicted octanol–water partition coefficient (Wildman–Crippen LogP) is 2.42. The molecule has 0 spiro atoms. The Labute approximate surface area is 73.2 Å². The maximum atomic E-state index is 12.7. The van der Waals surface area contributed by atoms with Crippen LogP contribution in [0.5, 0.6) is 0 Å². The molecule has 1 N–H and O–H groups in total. The molecule has 12 heavy (non-hydrogen) atoms. The summed E-state index contributed by atoms with van der Waals surface area (Å²) < 4.78 is 12.7. The van der Waals surface area contributed by atoms with E-state index in [4.69, 9.17) is 0 Å². The summed E-state index contributed by atoms with van der Waals surface area (Å²) in [5.74, 6) is 0. The number of rotatable bonds is 1. The zero-order valence-electron chi connectivity index (χ0n) is 6.47. The lowest BCUT2D eigenvalue weighted by Gasteiger charge is -1.94. The number of H-pyrrole nitrogens is 1. The second-order valence-electron chi connectivity index (χ2n) is 2.38. The molecule has 2 nitrogen and oxygen atoms in total. The van der Waals surface area contributed by atoms with Crippen LogP contribution in [0.2, 0.25) is 0 Å². The van der Waals surface area contributed by atoms with Gasteiger partial charge in [0.05, 0.1) is 5.52 Å². The summed E-state index contributed by atoms with van der Waals surface area (Å²) in [4.78, 5) is 7.28. The van der Waals surface area contributed by atoms with Crippen LogP contribution >= 0.6 is 11.8 Å². The third-order valence-electron chi connectivity index (χ3n) is 1.67. The minimum absolute atomic E-state index is 0.522. The number of thioether (sulfide) groups is 1. The predicted molar refractivity (Wildman–Crippen MR) is 47.8 cm³/mol. The van der Waals surface area contributed by atoms with Gasteiger partial charge in [-0.15, -0.1) is 11.8 Å². The number of benzene rings is 1. The second kappa shape index (κ2) is 2.79. The fraction of sp³-hybridized carbons (Fsp3) is 0.125. The minimum atomic E-state index is -0.522. The Kier molecular flexibility index (Phi) is 1.77. The molecule has 2 aromatic rings. The van der Waals surface area contributed by atoms with Gasteiger partial charge in [-0.3, -0.25) is 0 Å². The van der Waals surface area contributed by atoms with E-state index >= 15 is 0 Å². The largest absolute Gasteiger partial charge is 0.314 e. The first kappa shape index (κ1) is 7.61. The lowest BCUT2D eigenvalue weighted by molar-refractivity contribution is 0.556. The standard InChI is InChI=1S/C8H7FN2S/c1-12-6-4-2-3-5-7(6)11-8(9)10-5/h2-4H,1H3,(H,10,11). The molecule has 0 saturated heterocycles. The molecule has 0 bridgehead atoms. The van der Waals surface area contributed by atoms with Crippen molar-refractivity contribution < 1.29 is 4.39 Å². The van der Waals surface area contributed by atoms with Crippen molar-refractivity contribution in [1.82, 2.24) is 9.97 Å². The maximum Gasteiger partial charge on any atom is 0.287 e. The Morgan fingerprint density at radius 3 is 3.08 bits per heavy atom. The van der Waals surface area contributed by atoms with Gasteiger partial charge in [0, 0.05) is 4.90 Å². The molecule has 0 unspecified atom stereocenters. The number of nitrogens with zero attached hydrogens (tertiary/aromatic N) is 1. The Balaban J connectivity index is 2.78. The number of imidazole rings is 1. The first-order valence-corrected chi connectivity index (χ1v) is 4.72. The lowest BCUT2D eigenvalue weighted by Crippen LogP contribution is -1.73. The molecule has 62 valence electrons. The van der Waals surface area contributed by atoms with Crippen LogP contribution in [0.3, 0.4) is 0 Å². The summed E-state index contributed by atoms with van der Waals surface area (Å²) in [7, 11) is 0. The van der Waals surface area contributed by atoms with Gasteiger partial charge >= 0.3 is 0 Å². The normalized spacial score (nSPS) is 10.8. The van der Waals surface area contributed by atoms with Gasteiger partial charge in [0.1, 0.15) is 5.52 Å². The highest BCUT2D eigenvalue weighted by Crippen LogP contribution is 2.23. The van der Waals surface area contributed by atoms with Crippen molar-refractivity contribution in [1.29, 1.82) is 0 Å². The van der Waals surface area contributed by atoms with Crippen LogP contribution in [-0.4, -0.2) is 16.2 Å². The van der Waals surface area contributed by atoms with E-state index in [1.165, 1.54) is 0 Å². The van der Waals surface area contributed by atoms with Crippen molar-refractivity contribution >= 4 is 22.8 Å². The van der Waals surface area contributed by atoms with E-state index in [-0.39, 0.29) is 0 Å². The Morgan fingerprint density at radius 1 is 1.50 bits per heavy atom. The quantitative estimate of drug-likeness (QED) is 0.686.